The van der Waals surface area contributed by atoms with Gasteiger partial charge in [-0.15, -0.1) is 0 Å². The molecule has 0 radical (unpaired) electrons. The zero-order valence-electron chi connectivity index (χ0n) is 15.6. The van der Waals surface area contributed by atoms with Crippen LogP contribution in [-0.4, -0.2) is 24.8 Å². The summed E-state index contributed by atoms with van der Waals surface area (Å²) in [6.45, 7) is 6.42. The summed E-state index contributed by atoms with van der Waals surface area (Å²) in [5.41, 5.74) is 3.52. The summed E-state index contributed by atoms with van der Waals surface area (Å²) in [6.07, 6.45) is 0. The number of para-hydroxylation sites is 1. The minimum Gasteiger partial charge on any atom is -0.494 e. The molecule has 6 nitrogen and oxygen atoms in total. The molecule has 27 heavy (non-hydrogen) atoms. The van der Waals surface area contributed by atoms with Crippen LogP contribution in [0.4, 0.5) is 0 Å². The van der Waals surface area contributed by atoms with Crippen molar-refractivity contribution in [1.29, 1.82) is 0 Å². The third kappa shape index (κ3) is 4.20. The SMILES string of the molecule is CCOc1ccc(S(=O)(=O)NCc2c(C)nn(-c3ccccc3)c2C)cc1. The number of nitrogens with zero attached hydrogens (tertiary/aromatic N) is 2. The average Bonchev–Trinajstić information content (AvgIpc) is 2.95. The van der Waals surface area contributed by atoms with Gasteiger partial charge in [0.2, 0.25) is 10.0 Å². The molecule has 7 heteroatoms. The summed E-state index contributed by atoms with van der Waals surface area (Å²) in [5.74, 6) is 0.646. The van der Waals surface area contributed by atoms with Crippen LogP contribution in [0.5, 0.6) is 5.75 Å². The zero-order chi connectivity index (χ0) is 19.4. The first kappa shape index (κ1) is 19.1. The van der Waals surface area contributed by atoms with Gasteiger partial charge in [-0.25, -0.2) is 17.8 Å². The third-order valence-corrected chi connectivity index (χ3v) is 5.74. The van der Waals surface area contributed by atoms with Gasteiger partial charge in [-0.2, -0.15) is 5.10 Å². The van der Waals surface area contributed by atoms with Crippen LogP contribution in [0, 0.1) is 13.8 Å². The van der Waals surface area contributed by atoms with Gasteiger partial charge in [-0.1, -0.05) is 18.2 Å². The predicted molar refractivity (Wildman–Crippen MR) is 105 cm³/mol. The quantitative estimate of drug-likeness (QED) is 0.677. The van der Waals surface area contributed by atoms with Crippen molar-refractivity contribution in [3.05, 3.63) is 71.5 Å². The van der Waals surface area contributed by atoms with Crippen molar-refractivity contribution in [2.24, 2.45) is 0 Å². The van der Waals surface area contributed by atoms with E-state index in [4.69, 9.17) is 4.74 Å². The lowest BCUT2D eigenvalue weighted by atomic mass is 10.2. The molecule has 0 aliphatic carbocycles. The van der Waals surface area contributed by atoms with E-state index in [0.29, 0.717) is 12.4 Å². The summed E-state index contributed by atoms with van der Waals surface area (Å²) < 4.78 is 35.0. The van der Waals surface area contributed by atoms with Crippen LogP contribution >= 0.6 is 0 Å². The molecule has 0 spiro atoms. The second-order valence-electron chi connectivity index (χ2n) is 6.13. The van der Waals surface area contributed by atoms with E-state index in [1.807, 2.05) is 55.8 Å². The summed E-state index contributed by atoms with van der Waals surface area (Å²) in [7, 11) is -3.62. The molecule has 1 aromatic heterocycles. The Morgan fingerprint density at radius 3 is 2.33 bits per heavy atom. The monoisotopic (exact) mass is 385 g/mol. The van der Waals surface area contributed by atoms with Crippen molar-refractivity contribution in [3.63, 3.8) is 0 Å². The van der Waals surface area contributed by atoms with Gasteiger partial charge in [0.15, 0.2) is 0 Å². The maximum absolute atomic E-state index is 12.6. The molecular weight excluding hydrogens is 362 g/mol. The van der Waals surface area contributed by atoms with Crippen LogP contribution in [0.1, 0.15) is 23.9 Å². The van der Waals surface area contributed by atoms with E-state index < -0.39 is 10.0 Å². The van der Waals surface area contributed by atoms with Gasteiger partial charge in [0.25, 0.3) is 0 Å². The van der Waals surface area contributed by atoms with Crippen molar-refractivity contribution >= 4 is 10.0 Å². The molecule has 1 heterocycles. The lowest BCUT2D eigenvalue weighted by Gasteiger charge is -2.09. The number of aryl methyl sites for hydroxylation is 1. The van der Waals surface area contributed by atoms with E-state index in [-0.39, 0.29) is 11.4 Å². The normalized spacial score (nSPS) is 11.5. The lowest BCUT2D eigenvalue weighted by Crippen LogP contribution is -2.23. The van der Waals surface area contributed by atoms with Crippen LogP contribution in [0.3, 0.4) is 0 Å². The molecule has 2 aromatic carbocycles. The highest BCUT2D eigenvalue weighted by Gasteiger charge is 2.18. The van der Waals surface area contributed by atoms with Gasteiger partial charge in [0.05, 0.1) is 22.9 Å². The smallest absolute Gasteiger partial charge is 0.240 e. The molecule has 0 aliphatic rings. The Morgan fingerprint density at radius 1 is 1.04 bits per heavy atom. The zero-order valence-corrected chi connectivity index (χ0v) is 16.5. The Labute approximate surface area is 159 Å². The summed E-state index contributed by atoms with van der Waals surface area (Å²) in [5, 5.41) is 4.55. The van der Waals surface area contributed by atoms with Gasteiger partial charge < -0.3 is 4.74 Å². The van der Waals surface area contributed by atoms with E-state index in [0.717, 1.165) is 22.6 Å². The molecule has 0 amide bonds. The van der Waals surface area contributed by atoms with Crippen molar-refractivity contribution in [2.75, 3.05) is 6.61 Å². The fraction of sp³-hybridized carbons (Fsp3) is 0.250. The van der Waals surface area contributed by atoms with Crippen molar-refractivity contribution in [1.82, 2.24) is 14.5 Å². The summed E-state index contributed by atoms with van der Waals surface area (Å²) >= 11 is 0. The maximum Gasteiger partial charge on any atom is 0.240 e. The Bertz CT molecular complexity index is 1010. The number of hydrogen-bond donors (Lipinski definition) is 1. The average molecular weight is 385 g/mol. The highest BCUT2D eigenvalue weighted by atomic mass is 32.2. The largest absolute Gasteiger partial charge is 0.494 e. The number of hydrogen-bond acceptors (Lipinski definition) is 4. The molecule has 0 aliphatic heterocycles. The van der Waals surface area contributed by atoms with E-state index in [2.05, 4.69) is 9.82 Å². The number of ether oxygens (including phenoxy) is 1. The van der Waals surface area contributed by atoms with Crippen molar-refractivity contribution < 1.29 is 13.2 Å². The van der Waals surface area contributed by atoms with Gasteiger partial charge in [0.1, 0.15) is 5.75 Å². The molecule has 0 saturated carbocycles. The number of sulfonamides is 1. The first-order valence-corrected chi connectivity index (χ1v) is 10.2. The second kappa shape index (κ2) is 7.94. The molecule has 3 aromatic rings. The Morgan fingerprint density at radius 2 is 1.70 bits per heavy atom. The molecule has 142 valence electrons. The fourth-order valence-electron chi connectivity index (χ4n) is 2.88. The predicted octanol–water partition coefficient (Wildman–Crippen LogP) is 3.37. The second-order valence-corrected chi connectivity index (χ2v) is 7.89. The fourth-order valence-corrected chi connectivity index (χ4v) is 3.88. The maximum atomic E-state index is 12.6. The van der Waals surface area contributed by atoms with E-state index in [1.54, 1.807) is 24.3 Å². The van der Waals surface area contributed by atoms with Gasteiger partial charge in [0, 0.05) is 17.8 Å². The van der Waals surface area contributed by atoms with Crippen LogP contribution in [0.25, 0.3) is 5.69 Å². The number of benzene rings is 2. The molecule has 0 saturated heterocycles. The molecule has 0 atom stereocenters. The first-order chi connectivity index (χ1) is 12.9. The first-order valence-electron chi connectivity index (χ1n) is 8.75. The Hall–Kier alpha value is -2.64. The molecule has 3 rings (SSSR count). The number of aromatic nitrogens is 2. The summed E-state index contributed by atoms with van der Waals surface area (Å²) in [4.78, 5) is 0.205. The van der Waals surface area contributed by atoms with E-state index in [1.165, 1.54) is 0 Å². The van der Waals surface area contributed by atoms with E-state index >= 15 is 0 Å². The van der Waals surface area contributed by atoms with Crippen LogP contribution in [-0.2, 0) is 16.6 Å². The van der Waals surface area contributed by atoms with Crippen LogP contribution < -0.4 is 9.46 Å². The molecule has 0 bridgehead atoms. The number of rotatable bonds is 7. The number of nitrogens with one attached hydrogen (secondary N) is 1. The highest BCUT2D eigenvalue weighted by Crippen LogP contribution is 2.20. The molecule has 0 unspecified atom stereocenters. The Kier molecular flexibility index (Phi) is 5.62. The van der Waals surface area contributed by atoms with Crippen molar-refractivity contribution in [2.45, 2.75) is 32.2 Å². The molecule has 1 N–H and O–H groups in total. The van der Waals surface area contributed by atoms with Crippen LogP contribution in [0.2, 0.25) is 0 Å². The van der Waals surface area contributed by atoms with Gasteiger partial charge in [-0.3, -0.25) is 0 Å². The standard InChI is InChI=1S/C20H23N3O3S/c1-4-26-18-10-12-19(13-11-18)27(24,25)21-14-20-15(2)22-23(16(20)3)17-8-6-5-7-9-17/h5-13,21H,4,14H2,1-3H3. The Balaban J connectivity index is 1.79. The topological polar surface area (TPSA) is 73.2 Å². The van der Waals surface area contributed by atoms with E-state index in [9.17, 15) is 8.42 Å². The highest BCUT2D eigenvalue weighted by molar-refractivity contribution is 7.89. The van der Waals surface area contributed by atoms with Crippen molar-refractivity contribution in [3.8, 4) is 11.4 Å². The van der Waals surface area contributed by atoms with Gasteiger partial charge in [-0.05, 0) is 57.2 Å². The van der Waals surface area contributed by atoms with Gasteiger partial charge >= 0.3 is 0 Å². The van der Waals surface area contributed by atoms with Crippen LogP contribution in [0.15, 0.2) is 59.5 Å². The molecule has 0 fully saturated rings. The molecular formula is C20H23N3O3S. The third-order valence-electron chi connectivity index (χ3n) is 4.33. The minimum atomic E-state index is -3.62. The minimum absolute atomic E-state index is 0.181. The summed E-state index contributed by atoms with van der Waals surface area (Å²) in [6, 6.07) is 16.2. The lowest BCUT2D eigenvalue weighted by molar-refractivity contribution is 0.340.